The van der Waals surface area contributed by atoms with Gasteiger partial charge in [0, 0.05) is 41.2 Å². The smallest absolute Gasteiger partial charge is 0.303 e. The molecule has 1 rings (SSSR count). The van der Waals surface area contributed by atoms with Crippen LogP contribution in [0.3, 0.4) is 0 Å². The number of methoxy groups -OCH3 is 1. The summed E-state index contributed by atoms with van der Waals surface area (Å²) in [5.74, 6) is -2.56. The number of carbonyl (C=O) groups excluding carboxylic acids is 4. The summed E-state index contributed by atoms with van der Waals surface area (Å²) in [7, 11) is -8.11. The van der Waals surface area contributed by atoms with Crippen molar-refractivity contribution >= 4 is 57.1 Å². The lowest BCUT2D eigenvalue weighted by Gasteiger charge is -2.49. The fraction of sp³-hybridized carbons (Fsp3) is 0.840. The topological polar surface area (TPSA) is 161 Å². The zero-order chi connectivity index (χ0) is 53.2. The van der Waals surface area contributed by atoms with Gasteiger partial charge in [0.15, 0.2) is 51.6 Å². The largest absolute Gasteiger partial charge is 0.458 e. The summed E-state index contributed by atoms with van der Waals surface area (Å²) < 4.78 is 64.1. The standard InChI is InChI=1S/C50H96O14Si4/c1-34(51)57-38(31-40-44(58-35(2)52)46(60-37(4)54)45(59-36(3)53)41(61-40)32-55-17)29-27-26-28-30-39(62-66(20,21)48(8,9)10)43(64-68(24,25)50(14,15)16)42(63-67(22,23)49(11,12)13)33-56-65(18,19)47(5,6)7/h26-29,38-46H,30-33H2,1-25H3/b28-26+,29-27-/t38-,39-,40+,41-,42-,43+,44+,45-,46-/m1/s1. The Morgan fingerprint density at radius 1 is 0.544 bits per heavy atom. The molecule has 9 atom stereocenters. The van der Waals surface area contributed by atoms with Crippen molar-refractivity contribution < 1.29 is 65.3 Å². The number of rotatable bonds is 23. The monoisotopic (exact) mass is 1030 g/mol. The highest BCUT2D eigenvalue weighted by Crippen LogP contribution is 2.45. The van der Waals surface area contributed by atoms with Crippen LogP contribution in [0, 0.1) is 0 Å². The summed E-state index contributed by atoms with van der Waals surface area (Å²) in [6.07, 6.45) is 0.235. The van der Waals surface area contributed by atoms with Gasteiger partial charge in [0.1, 0.15) is 18.3 Å². The molecule has 0 bridgehead atoms. The summed E-state index contributed by atoms with van der Waals surface area (Å²) in [5.41, 5.74) is 0. The van der Waals surface area contributed by atoms with Crippen LogP contribution in [0.15, 0.2) is 24.3 Å². The van der Waals surface area contributed by atoms with Gasteiger partial charge in [-0.1, -0.05) is 101 Å². The number of ether oxygens (including phenoxy) is 6. The van der Waals surface area contributed by atoms with E-state index >= 15 is 0 Å². The molecule has 1 saturated heterocycles. The van der Waals surface area contributed by atoms with Crippen LogP contribution in [-0.4, -0.2) is 132 Å². The minimum absolute atomic E-state index is 0.00707. The predicted molar refractivity (Wildman–Crippen MR) is 280 cm³/mol. The van der Waals surface area contributed by atoms with Crippen LogP contribution in [0.2, 0.25) is 72.5 Å². The molecule has 0 radical (unpaired) electrons. The molecule has 1 aliphatic heterocycles. The minimum Gasteiger partial charge on any atom is -0.458 e. The zero-order valence-corrected chi connectivity index (χ0v) is 51.0. The molecule has 68 heavy (non-hydrogen) atoms. The fourth-order valence-corrected chi connectivity index (χ4v) is 11.5. The third kappa shape index (κ3) is 19.5. The van der Waals surface area contributed by atoms with E-state index in [0.29, 0.717) is 13.0 Å². The van der Waals surface area contributed by atoms with Crippen LogP contribution in [0.5, 0.6) is 0 Å². The summed E-state index contributed by atoms with van der Waals surface area (Å²) in [6, 6.07) is 0. The van der Waals surface area contributed by atoms with Gasteiger partial charge in [-0.05, 0) is 85.0 Å². The first kappa shape index (κ1) is 64.0. The first-order chi connectivity index (χ1) is 30.5. The molecule has 1 fully saturated rings. The lowest BCUT2D eigenvalue weighted by Crippen LogP contribution is -2.62. The molecule has 0 aromatic rings. The molecule has 0 amide bonds. The molecule has 0 aromatic heterocycles. The van der Waals surface area contributed by atoms with Gasteiger partial charge in [-0.2, -0.15) is 0 Å². The van der Waals surface area contributed by atoms with Crippen molar-refractivity contribution in [3.63, 3.8) is 0 Å². The van der Waals surface area contributed by atoms with Gasteiger partial charge < -0.3 is 46.1 Å². The zero-order valence-electron chi connectivity index (χ0n) is 47.0. The first-order valence-corrected chi connectivity index (χ1v) is 36.0. The Bertz CT molecular complexity index is 1700. The van der Waals surface area contributed by atoms with Crippen LogP contribution in [0.1, 0.15) is 124 Å². The van der Waals surface area contributed by atoms with E-state index in [1.165, 1.54) is 34.8 Å². The van der Waals surface area contributed by atoms with Crippen molar-refractivity contribution in [2.75, 3.05) is 20.3 Å². The first-order valence-electron chi connectivity index (χ1n) is 24.3. The van der Waals surface area contributed by atoms with Crippen molar-refractivity contribution in [3.8, 4) is 0 Å². The average molecular weight is 1030 g/mol. The van der Waals surface area contributed by atoms with Crippen molar-refractivity contribution in [2.45, 2.75) is 251 Å². The van der Waals surface area contributed by atoms with Crippen molar-refractivity contribution in [2.24, 2.45) is 0 Å². The maximum atomic E-state index is 12.6. The van der Waals surface area contributed by atoms with Gasteiger partial charge in [0.25, 0.3) is 0 Å². The Morgan fingerprint density at radius 3 is 1.37 bits per heavy atom. The van der Waals surface area contributed by atoms with Gasteiger partial charge in [0.2, 0.25) is 0 Å². The maximum absolute atomic E-state index is 12.6. The quantitative estimate of drug-likeness (QED) is 0.0411. The Labute approximate surface area is 416 Å². The normalized spacial score (nSPS) is 22.4. The van der Waals surface area contributed by atoms with Gasteiger partial charge in [-0.25, -0.2) is 0 Å². The van der Waals surface area contributed by atoms with Crippen molar-refractivity contribution in [3.05, 3.63) is 24.3 Å². The van der Waals surface area contributed by atoms with E-state index in [2.05, 4.69) is 135 Å². The Kier molecular flexibility index (Phi) is 23.6. The summed E-state index contributed by atoms with van der Waals surface area (Å²) in [4.78, 5) is 49.7. The third-order valence-electron chi connectivity index (χ3n) is 14.6. The van der Waals surface area contributed by atoms with E-state index in [1.807, 2.05) is 12.2 Å². The van der Waals surface area contributed by atoms with Crippen molar-refractivity contribution in [1.82, 2.24) is 0 Å². The molecule has 0 saturated carbocycles. The van der Waals surface area contributed by atoms with Crippen LogP contribution >= 0.6 is 0 Å². The molecule has 1 aliphatic rings. The molecule has 0 spiro atoms. The van der Waals surface area contributed by atoms with E-state index < -0.39 is 112 Å². The highest BCUT2D eigenvalue weighted by Gasteiger charge is 2.53. The Morgan fingerprint density at radius 2 is 0.956 bits per heavy atom. The summed E-state index contributed by atoms with van der Waals surface area (Å²) >= 11 is 0. The summed E-state index contributed by atoms with van der Waals surface area (Å²) in [5, 5.41) is -0.327. The lowest BCUT2D eigenvalue weighted by atomic mass is 9.91. The molecule has 0 unspecified atom stereocenters. The second kappa shape index (κ2) is 25.1. The number of esters is 4. The average Bonchev–Trinajstić information content (AvgIpc) is 3.12. The predicted octanol–water partition coefficient (Wildman–Crippen LogP) is 11.2. The molecule has 1 heterocycles. The highest BCUT2D eigenvalue weighted by molar-refractivity contribution is 6.75. The second-order valence-corrected chi connectivity index (χ2v) is 43.6. The van der Waals surface area contributed by atoms with Crippen LogP contribution in [-0.2, 0) is 65.3 Å². The van der Waals surface area contributed by atoms with Crippen LogP contribution in [0.4, 0.5) is 0 Å². The third-order valence-corrected chi connectivity index (χ3v) is 32.6. The molecule has 0 aliphatic carbocycles. The van der Waals surface area contributed by atoms with E-state index in [4.69, 9.17) is 46.1 Å². The van der Waals surface area contributed by atoms with E-state index in [-0.39, 0.29) is 33.2 Å². The number of hydrogen-bond donors (Lipinski definition) is 0. The number of hydrogen-bond acceptors (Lipinski definition) is 14. The van der Waals surface area contributed by atoms with Gasteiger partial charge in [-0.15, -0.1) is 0 Å². The van der Waals surface area contributed by atoms with E-state index in [0.717, 1.165) is 0 Å². The van der Waals surface area contributed by atoms with Crippen LogP contribution < -0.4 is 0 Å². The highest BCUT2D eigenvalue weighted by atomic mass is 28.4. The Balaban J connectivity index is 4.01. The number of allylic oxidation sites excluding steroid dienone is 2. The SMILES string of the molecule is COC[C@H]1O[C@@H](C[C@@H](/C=C\C=C\C[C@@H](O[Si](C)(C)C(C)(C)C)[C@H](O[Si](C)(C)C(C)(C)C)[C@@H](CO[Si](C)(C)C(C)(C)C)O[Si](C)(C)C(C)(C)C)OC(C)=O)[C@H](OC(C)=O)[C@@H](OC(C)=O)[C@@H]1OC(C)=O. The maximum Gasteiger partial charge on any atom is 0.303 e. The molecule has 14 nitrogen and oxygen atoms in total. The fourth-order valence-electron chi connectivity index (χ4n) is 6.53. The lowest BCUT2D eigenvalue weighted by molar-refractivity contribution is -0.255. The van der Waals surface area contributed by atoms with E-state index in [9.17, 15) is 19.2 Å². The molecule has 0 N–H and O–H groups in total. The van der Waals surface area contributed by atoms with Gasteiger partial charge in [0.05, 0.1) is 31.5 Å². The van der Waals surface area contributed by atoms with Crippen LogP contribution in [0.25, 0.3) is 0 Å². The van der Waals surface area contributed by atoms with E-state index in [1.54, 1.807) is 12.2 Å². The minimum atomic E-state index is -2.47. The molecular formula is C50H96O14Si4. The summed E-state index contributed by atoms with van der Waals surface area (Å²) in [6.45, 7) is 50.4. The molecule has 0 aromatic carbocycles. The van der Waals surface area contributed by atoms with Crippen molar-refractivity contribution in [1.29, 1.82) is 0 Å². The van der Waals surface area contributed by atoms with Gasteiger partial charge in [-0.3, -0.25) is 19.2 Å². The molecule has 18 heteroatoms. The molecular weight excluding hydrogens is 937 g/mol. The Hall–Kier alpha value is -2.01. The van der Waals surface area contributed by atoms with Gasteiger partial charge >= 0.3 is 23.9 Å². The molecule has 396 valence electrons. The second-order valence-electron chi connectivity index (χ2n) is 24.6. The number of carbonyl (C=O) groups is 4.